The molecule has 0 aliphatic heterocycles. The molecule has 39 heavy (non-hydrogen) atoms. The van der Waals surface area contributed by atoms with Crippen molar-refractivity contribution in [2.24, 2.45) is 0 Å². The van der Waals surface area contributed by atoms with Crippen LogP contribution in [-0.2, 0) is 34.2 Å². The van der Waals surface area contributed by atoms with E-state index >= 15 is 0 Å². The monoisotopic (exact) mass is 757 g/mol. The zero-order valence-corrected chi connectivity index (χ0v) is 27.3. The first-order valence-corrected chi connectivity index (χ1v) is 14.5. The molecule has 0 saturated heterocycles. The Labute approximate surface area is 262 Å². The number of hydrogen-bond acceptors (Lipinski definition) is 0. The minimum absolute atomic E-state index is 0. The van der Waals surface area contributed by atoms with Gasteiger partial charge in [0, 0.05) is 11.0 Å². The molecule has 0 aliphatic rings. The van der Waals surface area contributed by atoms with E-state index in [1.165, 1.54) is 52.6 Å². The molecule has 6 heteroatoms. The van der Waals surface area contributed by atoms with Crippen molar-refractivity contribution in [1.29, 1.82) is 0 Å². The van der Waals surface area contributed by atoms with Crippen LogP contribution in [0, 0.1) is 6.33 Å². The van der Waals surface area contributed by atoms with Crippen LogP contribution in [0.3, 0.4) is 0 Å². The second kappa shape index (κ2) is 19.2. The molecule has 0 radical (unpaired) electrons. The van der Waals surface area contributed by atoms with E-state index in [0.717, 1.165) is 13.1 Å². The third kappa shape index (κ3) is 9.88. The summed E-state index contributed by atoms with van der Waals surface area (Å²) < 4.78 is 4.54. The summed E-state index contributed by atoms with van der Waals surface area (Å²) in [6, 6.07) is 41.0. The van der Waals surface area contributed by atoms with Gasteiger partial charge in [-0.3, -0.25) is 0 Å². The van der Waals surface area contributed by atoms with Crippen molar-refractivity contribution < 1.29 is 50.4 Å². The third-order valence-corrected chi connectivity index (χ3v) is 8.66. The minimum atomic E-state index is -0.446. The zero-order chi connectivity index (χ0) is 25.0. The molecule has 0 fully saturated rings. The number of nitrogens with zero attached hydrogens (tertiary/aromatic N) is 2. The van der Waals surface area contributed by atoms with E-state index in [0.29, 0.717) is 0 Å². The van der Waals surface area contributed by atoms with Gasteiger partial charge in [0.25, 0.3) is 0 Å². The molecule has 2 nitrogen and oxygen atoms in total. The smallest absolute Gasteiger partial charge is 1.00 e. The van der Waals surface area contributed by atoms with E-state index in [9.17, 15) is 0 Å². The van der Waals surface area contributed by atoms with E-state index < -0.39 is 7.92 Å². The Hall–Kier alpha value is -1.95. The number of imidazole rings is 1. The third-order valence-electron chi connectivity index (χ3n) is 6.22. The van der Waals surface area contributed by atoms with Crippen molar-refractivity contribution in [1.82, 2.24) is 4.57 Å². The van der Waals surface area contributed by atoms with Crippen LogP contribution in [-0.4, -0.2) is 4.57 Å². The Morgan fingerprint density at radius 1 is 0.615 bits per heavy atom. The fourth-order valence-corrected chi connectivity index (χ4v) is 6.63. The number of aryl methyl sites for hydroxylation is 2. The van der Waals surface area contributed by atoms with Gasteiger partial charge in [0.2, 0.25) is 6.33 Å². The van der Waals surface area contributed by atoms with Gasteiger partial charge in [0.1, 0.15) is 0 Å². The standard InChI is InChI=1S/C18H15P.C15H22N2.2ClH.Pt/c1-4-10-16(11-5-1)19(17-12-6-2-7-13-17)18-14-8-3-9-15-18;1-3-5-11-16-13-17(12-6-4-2)15-10-8-7-9-14(15)16;;;/h1-15H;7-10H,3-6,11-12H2,1-2H3;2*1H;/q;;;;+2/p-2. The van der Waals surface area contributed by atoms with Crippen molar-refractivity contribution in [2.75, 3.05) is 0 Å². The largest absolute Gasteiger partial charge is 2.00 e. The maximum atomic E-state index is 3.49. The topological polar surface area (TPSA) is 8.81 Å². The van der Waals surface area contributed by atoms with Gasteiger partial charge in [-0.2, -0.15) is 0 Å². The average molecular weight is 759 g/mol. The van der Waals surface area contributed by atoms with Gasteiger partial charge in [0.15, 0.2) is 0 Å². The molecule has 0 bridgehead atoms. The number of benzene rings is 4. The molecule has 5 rings (SSSR count). The minimum Gasteiger partial charge on any atom is -1.00 e. The Bertz CT molecular complexity index is 1180. The fourth-order valence-electron chi connectivity index (χ4n) is 4.33. The van der Waals surface area contributed by atoms with Gasteiger partial charge in [0.05, 0.1) is 13.1 Å². The first-order valence-electron chi connectivity index (χ1n) is 13.2. The normalized spacial score (nSPS) is 10.0. The quantitative estimate of drug-likeness (QED) is 0.120. The summed E-state index contributed by atoms with van der Waals surface area (Å²) in [6.07, 6.45) is 8.41. The number of para-hydroxylation sites is 2. The van der Waals surface area contributed by atoms with Crippen LogP contribution >= 0.6 is 7.92 Å². The van der Waals surface area contributed by atoms with Gasteiger partial charge in [-0.15, -0.1) is 0 Å². The first kappa shape index (κ1) is 35.1. The summed E-state index contributed by atoms with van der Waals surface area (Å²) in [5.41, 5.74) is 2.63. The van der Waals surface area contributed by atoms with E-state index in [2.05, 4.69) is 145 Å². The summed E-state index contributed by atoms with van der Waals surface area (Å²) in [4.78, 5) is 0. The number of halogens is 2. The Balaban J connectivity index is 0.000000364. The van der Waals surface area contributed by atoms with E-state index in [4.69, 9.17) is 0 Å². The number of aromatic nitrogens is 2. The average Bonchev–Trinajstić information content (AvgIpc) is 3.30. The first-order chi connectivity index (χ1) is 17.8. The molecule has 0 spiro atoms. The van der Waals surface area contributed by atoms with Crippen molar-refractivity contribution in [3.8, 4) is 0 Å². The number of fused-ring (bicyclic) bond motifs is 1. The SMILES string of the molecule is CCCCn1[c-][n+](CCCC)c2ccccc21.[Cl-].[Cl-].[Pt+2].c1ccc(P(c2ccccc2)c2ccccc2)cc1. The molecule has 0 saturated carbocycles. The number of hydrogen-bond donors (Lipinski definition) is 0. The van der Waals surface area contributed by atoms with Crippen LogP contribution in [0.2, 0.25) is 0 Å². The predicted octanol–water partition coefficient (Wildman–Crippen LogP) is 0.779. The Morgan fingerprint density at radius 2 is 1.05 bits per heavy atom. The molecule has 0 amide bonds. The molecule has 4 aromatic carbocycles. The second-order valence-corrected chi connectivity index (χ2v) is 11.2. The summed E-state index contributed by atoms with van der Waals surface area (Å²) in [5.74, 6) is 0. The van der Waals surface area contributed by atoms with Gasteiger partial charge in [-0.1, -0.05) is 142 Å². The van der Waals surface area contributed by atoms with Gasteiger partial charge >= 0.3 is 21.1 Å². The molecule has 1 heterocycles. The molecular formula is C33H37Cl2N2PPt. The van der Waals surface area contributed by atoms with E-state index in [1.54, 1.807) is 0 Å². The predicted molar refractivity (Wildman–Crippen MR) is 156 cm³/mol. The van der Waals surface area contributed by atoms with E-state index in [-0.39, 0.29) is 45.9 Å². The summed E-state index contributed by atoms with van der Waals surface area (Å²) >= 11 is 0. The fraction of sp³-hybridized carbons (Fsp3) is 0.242. The van der Waals surface area contributed by atoms with E-state index in [1.807, 2.05) is 0 Å². The van der Waals surface area contributed by atoms with Crippen molar-refractivity contribution in [2.45, 2.75) is 52.6 Å². The van der Waals surface area contributed by atoms with Crippen molar-refractivity contribution >= 4 is 34.9 Å². The molecule has 0 unspecified atom stereocenters. The summed E-state index contributed by atoms with van der Waals surface area (Å²) in [5, 5.41) is 4.19. The summed E-state index contributed by atoms with van der Waals surface area (Å²) in [7, 11) is -0.446. The molecule has 5 aromatic rings. The second-order valence-electron chi connectivity index (χ2n) is 8.94. The Morgan fingerprint density at radius 3 is 1.51 bits per heavy atom. The van der Waals surface area contributed by atoms with Crippen LogP contribution in [0.15, 0.2) is 115 Å². The molecule has 0 aliphatic carbocycles. The molecule has 0 N–H and O–H groups in total. The van der Waals surface area contributed by atoms with Crippen molar-refractivity contribution in [3.63, 3.8) is 0 Å². The van der Waals surface area contributed by atoms with Crippen LogP contribution in [0.1, 0.15) is 39.5 Å². The van der Waals surface area contributed by atoms with Crippen LogP contribution in [0.5, 0.6) is 0 Å². The molecule has 0 atom stereocenters. The van der Waals surface area contributed by atoms with Crippen LogP contribution in [0.25, 0.3) is 11.0 Å². The maximum Gasteiger partial charge on any atom is 2.00 e. The molecule has 208 valence electrons. The zero-order valence-electron chi connectivity index (χ0n) is 22.6. The summed E-state index contributed by atoms with van der Waals surface area (Å²) in [6.45, 7) is 6.62. The number of unbranched alkanes of at least 4 members (excludes halogenated alkanes) is 2. The van der Waals surface area contributed by atoms with Gasteiger partial charge in [-0.25, -0.2) is 0 Å². The maximum absolute atomic E-state index is 3.49. The van der Waals surface area contributed by atoms with Gasteiger partial charge < -0.3 is 33.9 Å². The van der Waals surface area contributed by atoms with Crippen molar-refractivity contribution in [3.05, 3.63) is 122 Å². The number of rotatable bonds is 9. The van der Waals surface area contributed by atoms with Crippen LogP contribution in [0.4, 0.5) is 0 Å². The van der Waals surface area contributed by atoms with Crippen LogP contribution < -0.4 is 45.3 Å². The van der Waals surface area contributed by atoms with Gasteiger partial charge in [-0.05, 0) is 36.7 Å². The molecular weight excluding hydrogens is 721 g/mol. The Kier molecular flexibility index (Phi) is 17.3. The molecule has 1 aromatic heterocycles.